The highest BCUT2D eigenvalue weighted by Gasteiger charge is 2.32. The molecular weight excluding hydrogens is 248 g/mol. The van der Waals surface area contributed by atoms with Crippen LogP contribution in [0.4, 0.5) is 0 Å². The normalized spacial score (nSPS) is 25.5. The van der Waals surface area contributed by atoms with Crippen molar-refractivity contribution in [2.45, 2.75) is 66.6 Å². The molecule has 2 atom stereocenters. The molecule has 0 aliphatic heterocycles. The molecule has 0 N–H and O–H groups in total. The standard InChI is InChI=1S/C18H32O2/c1-7-14-20-18(6,19-8-2)13-11-16-15(3)10-9-12-17(16,4)5/h10-11,13,16H,7-9,12,14H2,1-6H3. The third-order valence-electron chi connectivity index (χ3n) is 4.20. The van der Waals surface area contributed by atoms with Gasteiger partial charge in [-0.15, -0.1) is 0 Å². The zero-order valence-electron chi connectivity index (χ0n) is 14.2. The molecule has 2 heteroatoms. The van der Waals surface area contributed by atoms with Crippen LogP contribution in [0.1, 0.15) is 60.8 Å². The van der Waals surface area contributed by atoms with E-state index in [0.717, 1.165) is 13.0 Å². The maximum atomic E-state index is 5.89. The lowest BCUT2D eigenvalue weighted by molar-refractivity contribution is -0.189. The summed E-state index contributed by atoms with van der Waals surface area (Å²) in [5.41, 5.74) is 1.78. The van der Waals surface area contributed by atoms with Gasteiger partial charge in [-0.2, -0.15) is 0 Å². The van der Waals surface area contributed by atoms with Crippen LogP contribution in [0.25, 0.3) is 0 Å². The third kappa shape index (κ3) is 4.75. The Morgan fingerprint density at radius 2 is 2.05 bits per heavy atom. The van der Waals surface area contributed by atoms with Crippen molar-refractivity contribution in [2.24, 2.45) is 11.3 Å². The molecule has 0 amide bonds. The van der Waals surface area contributed by atoms with Crippen LogP contribution in [-0.2, 0) is 9.47 Å². The summed E-state index contributed by atoms with van der Waals surface area (Å²) in [6.07, 6.45) is 10.2. The monoisotopic (exact) mass is 280 g/mol. The van der Waals surface area contributed by atoms with Crippen LogP contribution in [0.15, 0.2) is 23.8 Å². The van der Waals surface area contributed by atoms with Crippen molar-refractivity contribution in [2.75, 3.05) is 13.2 Å². The van der Waals surface area contributed by atoms with E-state index in [4.69, 9.17) is 9.47 Å². The van der Waals surface area contributed by atoms with Gasteiger partial charge in [0.25, 0.3) is 0 Å². The lowest BCUT2D eigenvalue weighted by atomic mass is 9.68. The van der Waals surface area contributed by atoms with Crippen LogP contribution < -0.4 is 0 Å². The fourth-order valence-electron chi connectivity index (χ4n) is 2.98. The predicted molar refractivity (Wildman–Crippen MR) is 85.7 cm³/mol. The summed E-state index contributed by atoms with van der Waals surface area (Å²) in [5.74, 6) is -0.125. The molecule has 116 valence electrons. The van der Waals surface area contributed by atoms with E-state index >= 15 is 0 Å². The largest absolute Gasteiger partial charge is 0.347 e. The van der Waals surface area contributed by atoms with E-state index in [1.165, 1.54) is 18.4 Å². The summed E-state index contributed by atoms with van der Waals surface area (Å²) in [6, 6.07) is 0. The summed E-state index contributed by atoms with van der Waals surface area (Å²) in [4.78, 5) is 0. The van der Waals surface area contributed by atoms with E-state index in [1.54, 1.807) is 0 Å². The van der Waals surface area contributed by atoms with Gasteiger partial charge in [0.15, 0.2) is 5.79 Å². The average molecular weight is 280 g/mol. The number of ether oxygens (including phenoxy) is 2. The van der Waals surface area contributed by atoms with Gasteiger partial charge < -0.3 is 9.47 Å². The summed E-state index contributed by atoms with van der Waals surface area (Å²) in [7, 11) is 0. The second kappa shape index (κ2) is 7.42. The van der Waals surface area contributed by atoms with Crippen molar-refractivity contribution in [1.82, 2.24) is 0 Å². The van der Waals surface area contributed by atoms with Gasteiger partial charge >= 0.3 is 0 Å². The molecule has 2 unspecified atom stereocenters. The molecule has 0 aromatic heterocycles. The molecule has 0 spiro atoms. The predicted octanol–water partition coefficient (Wildman–Crippen LogP) is 5.10. The topological polar surface area (TPSA) is 18.5 Å². The van der Waals surface area contributed by atoms with E-state index in [2.05, 4.69) is 45.9 Å². The van der Waals surface area contributed by atoms with Crippen LogP contribution in [0.5, 0.6) is 0 Å². The van der Waals surface area contributed by atoms with Crippen molar-refractivity contribution in [3.63, 3.8) is 0 Å². The highest BCUT2D eigenvalue weighted by atomic mass is 16.7. The van der Waals surface area contributed by atoms with E-state index in [-0.39, 0.29) is 0 Å². The Labute approximate surface area is 125 Å². The molecule has 20 heavy (non-hydrogen) atoms. The minimum atomic E-state index is -0.599. The maximum absolute atomic E-state index is 5.89. The first-order valence-corrected chi connectivity index (χ1v) is 7.98. The van der Waals surface area contributed by atoms with Gasteiger partial charge in [0.05, 0.1) is 6.61 Å². The highest BCUT2D eigenvalue weighted by Crippen LogP contribution is 2.42. The maximum Gasteiger partial charge on any atom is 0.184 e. The lowest BCUT2D eigenvalue weighted by Gasteiger charge is -2.37. The van der Waals surface area contributed by atoms with Crippen LogP contribution in [0.2, 0.25) is 0 Å². The average Bonchev–Trinajstić information content (AvgIpc) is 2.35. The molecule has 0 fully saturated rings. The Bertz CT molecular complexity index is 354. The Hall–Kier alpha value is -0.600. The summed E-state index contributed by atoms with van der Waals surface area (Å²) in [6.45, 7) is 14.5. The van der Waals surface area contributed by atoms with Gasteiger partial charge in [-0.25, -0.2) is 0 Å². The second-order valence-electron chi connectivity index (χ2n) is 6.61. The number of rotatable bonds is 7. The van der Waals surface area contributed by atoms with Gasteiger partial charge in [-0.1, -0.05) is 38.5 Å². The molecule has 0 aromatic rings. The fourth-order valence-corrected chi connectivity index (χ4v) is 2.98. The van der Waals surface area contributed by atoms with E-state index < -0.39 is 5.79 Å². The summed E-state index contributed by atoms with van der Waals surface area (Å²) in [5, 5.41) is 0. The Morgan fingerprint density at radius 3 is 2.60 bits per heavy atom. The van der Waals surface area contributed by atoms with Gasteiger partial charge in [-0.05, 0) is 51.5 Å². The van der Waals surface area contributed by atoms with Crippen LogP contribution in [-0.4, -0.2) is 19.0 Å². The Balaban J connectivity index is 2.85. The number of allylic oxidation sites excluding steroid dienone is 3. The van der Waals surface area contributed by atoms with E-state index in [9.17, 15) is 0 Å². The molecule has 0 aromatic carbocycles. The summed E-state index contributed by atoms with van der Waals surface area (Å²) < 4.78 is 11.7. The fraction of sp³-hybridized carbons (Fsp3) is 0.778. The summed E-state index contributed by atoms with van der Waals surface area (Å²) >= 11 is 0. The smallest absolute Gasteiger partial charge is 0.184 e. The van der Waals surface area contributed by atoms with Crippen LogP contribution in [0.3, 0.4) is 0 Å². The molecule has 0 radical (unpaired) electrons. The molecule has 0 heterocycles. The lowest BCUT2D eigenvalue weighted by Crippen LogP contribution is -2.32. The van der Waals surface area contributed by atoms with Crippen molar-refractivity contribution in [1.29, 1.82) is 0 Å². The molecule has 0 saturated heterocycles. The van der Waals surface area contributed by atoms with Gasteiger partial charge in [0, 0.05) is 12.5 Å². The van der Waals surface area contributed by atoms with Crippen LogP contribution >= 0.6 is 0 Å². The number of hydrogen-bond acceptors (Lipinski definition) is 2. The Morgan fingerprint density at radius 1 is 1.35 bits per heavy atom. The first kappa shape index (κ1) is 17.5. The molecular formula is C18H32O2. The van der Waals surface area contributed by atoms with Crippen molar-refractivity contribution in [3.8, 4) is 0 Å². The molecule has 0 bridgehead atoms. The van der Waals surface area contributed by atoms with Crippen molar-refractivity contribution in [3.05, 3.63) is 23.8 Å². The third-order valence-corrected chi connectivity index (χ3v) is 4.20. The minimum absolute atomic E-state index is 0.313. The highest BCUT2D eigenvalue weighted by molar-refractivity contribution is 5.19. The minimum Gasteiger partial charge on any atom is -0.347 e. The van der Waals surface area contributed by atoms with E-state index in [0.29, 0.717) is 17.9 Å². The second-order valence-corrected chi connectivity index (χ2v) is 6.61. The van der Waals surface area contributed by atoms with Crippen LogP contribution in [0, 0.1) is 11.3 Å². The van der Waals surface area contributed by atoms with Crippen molar-refractivity contribution >= 4 is 0 Å². The molecule has 2 nitrogen and oxygen atoms in total. The molecule has 1 aliphatic rings. The first-order valence-electron chi connectivity index (χ1n) is 7.98. The van der Waals surface area contributed by atoms with Gasteiger partial charge in [-0.3, -0.25) is 0 Å². The van der Waals surface area contributed by atoms with E-state index in [1.807, 2.05) is 13.8 Å². The van der Waals surface area contributed by atoms with Crippen molar-refractivity contribution < 1.29 is 9.47 Å². The number of hydrogen-bond donors (Lipinski definition) is 0. The zero-order valence-corrected chi connectivity index (χ0v) is 14.2. The first-order chi connectivity index (χ1) is 9.34. The molecule has 1 aliphatic carbocycles. The molecule has 0 saturated carbocycles. The zero-order chi connectivity index (χ0) is 15.2. The SMILES string of the molecule is CCCOC(C)(C=CC1C(C)=CCCC1(C)C)OCC. The molecule has 1 rings (SSSR count). The van der Waals surface area contributed by atoms with Gasteiger partial charge in [0.1, 0.15) is 0 Å². The van der Waals surface area contributed by atoms with Gasteiger partial charge in [0.2, 0.25) is 0 Å². The quantitative estimate of drug-likeness (QED) is 0.477. The Kier molecular flexibility index (Phi) is 6.47.